The maximum atomic E-state index is 12.5. The molecule has 0 unspecified atom stereocenters. The number of aryl methyl sites for hydroxylation is 1. The van der Waals surface area contributed by atoms with Crippen molar-refractivity contribution in [2.75, 3.05) is 27.4 Å². The van der Waals surface area contributed by atoms with Crippen LogP contribution in [0.15, 0.2) is 72.8 Å². The van der Waals surface area contributed by atoms with E-state index in [1.807, 2.05) is 42.5 Å². The number of imidazole rings is 1. The second-order valence-corrected chi connectivity index (χ2v) is 8.11. The molecule has 1 heterocycles. The largest absolute Gasteiger partial charge is 0.497 e. The van der Waals surface area contributed by atoms with E-state index in [0.29, 0.717) is 25.1 Å². The fourth-order valence-corrected chi connectivity index (χ4v) is 3.99. The average Bonchev–Trinajstić information content (AvgIpc) is 3.26. The highest BCUT2D eigenvalue weighted by Gasteiger charge is 2.12. The van der Waals surface area contributed by atoms with E-state index in [-0.39, 0.29) is 5.91 Å². The van der Waals surface area contributed by atoms with Crippen LogP contribution in [0.1, 0.15) is 29.0 Å². The summed E-state index contributed by atoms with van der Waals surface area (Å²) in [5.41, 5.74) is 2.68. The Hall–Kier alpha value is -4.00. The zero-order valence-corrected chi connectivity index (χ0v) is 20.2. The molecule has 0 spiro atoms. The summed E-state index contributed by atoms with van der Waals surface area (Å²) in [7, 11) is 3.25. The van der Waals surface area contributed by atoms with E-state index in [1.165, 1.54) is 0 Å². The predicted molar refractivity (Wildman–Crippen MR) is 136 cm³/mol. The number of para-hydroxylation sites is 4. The number of rotatable bonds is 12. The van der Waals surface area contributed by atoms with Gasteiger partial charge in [0.15, 0.2) is 11.5 Å². The van der Waals surface area contributed by atoms with Crippen LogP contribution in [0.4, 0.5) is 0 Å². The maximum absolute atomic E-state index is 12.5. The minimum absolute atomic E-state index is 0.108. The molecule has 0 fully saturated rings. The summed E-state index contributed by atoms with van der Waals surface area (Å²) in [6.07, 6.45) is 2.49. The Labute approximate surface area is 205 Å². The van der Waals surface area contributed by atoms with Gasteiger partial charge >= 0.3 is 0 Å². The van der Waals surface area contributed by atoms with Gasteiger partial charge in [0.05, 0.1) is 31.9 Å². The molecule has 7 nitrogen and oxygen atoms in total. The molecule has 0 bridgehead atoms. The lowest BCUT2D eigenvalue weighted by atomic mass is 10.2. The van der Waals surface area contributed by atoms with Gasteiger partial charge in [-0.1, -0.05) is 24.3 Å². The molecule has 1 amide bonds. The lowest BCUT2D eigenvalue weighted by Crippen LogP contribution is -2.26. The topological polar surface area (TPSA) is 74.6 Å². The molecular formula is C28H31N3O4. The van der Waals surface area contributed by atoms with Gasteiger partial charge in [0.2, 0.25) is 0 Å². The summed E-state index contributed by atoms with van der Waals surface area (Å²) < 4.78 is 18.7. The number of carbonyl (C=O) groups excluding carboxylic acids is 1. The fourth-order valence-electron chi connectivity index (χ4n) is 3.99. The van der Waals surface area contributed by atoms with Crippen LogP contribution >= 0.6 is 0 Å². The monoisotopic (exact) mass is 473 g/mol. The number of nitrogens with zero attached hydrogens (tertiary/aromatic N) is 2. The molecule has 4 rings (SSSR count). The molecule has 0 aliphatic rings. The van der Waals surface area contributed by atoms with E-state index >= 15 is 0 Å². The number of methoxy groups -OCH3 is 2. The molecule has 0 aliphatic heterocycles. The fraction of sp³-hybridized carbons (Fsp3) is 0.286. The number of aromatic nitrogens is 2. The summed E-state index contributed by atoms with van der Waals surface area (Å²) in [5.74, 6) is 3.09. The van der Waals surface area contributed by atoms with Crippen molar-refractivity contribution in [3.05, 3.63) is 84.2 Å². The Balaban J connectivity index is 1.33. The van der Waals surface area contributed by atoms with Gasteiger partial charge in [0.25, 0.3) is 5.91 Å². The summed E-state index contributed by atoms with van der Waals surface area (Å²) in [6.45, 7) is 1.95. The first-order valence-corrected chi connectivity index (χ1v) is 11.8. The lowest BCUT2D eigenvalue weighted by Gasteiger charge is -2.12. The predicted octanol–water partition coefficient (Wildman–Crippen LogP) is 4.89. The van der Waals surface area contributed by atoms with Crippen LogP contribution in [0.5, 0.6) is 17.2 Å². The second kappa shape index (κ2) is 11.9. The number of hydrogen-bond donors (Lipinski definition) is 1. The Bertz CT molecular complexity index is 1250. The zero-order valence-electron chi connectivity index (χ0n) is 20.2. The highest BCUT2D eigenvalue weighted by molar-refractivity contribution is 5.94. The molecule has 3 aromatic carbocycles. The van der Waals surface area contributed by atoms with Crippen molar-refractivity contribution in [2.24, 2.45) is 0 Å². The van der Waals surface area contributed by atoms with Crippen molar-refractivity contribution >= 4 is 16.9 Å². The first kappa shape index (κ1) is 24.1. The minimum Gasteiger partial charge on any atom is -0.497 e. The molecule has 4 aromatic rings. The highest BCUT2D eigenvalue weighted by Crippen LogP contribution is 2.26. The third kappa shape index (κ3) is 6.12. The molecule has 1 aromatic heterocycles. The van der Waals surface area contributed by atoms with Gasteiger partial charge < -0.3 is 24.1 Å². The standard InChI is InChI=1S/C28H31N3O4/c1-33-22-15-13-21(14-16-22)28(32)29-18-17-27-30-23-9-3-4-10-24(23)31(27)19-7-8-20-35-26-12-6-5-11-25(26)34-2/h3-6,9-16H,7-8,17-20H2,1-2H3,(H,29,32). The normalized spacial score (nSPS) is 10.8. The number of nitrogens with one attached hydrogen (secondary N) is 1. The maximum Gasteiger partial charge on any atom is 0.251 e. The van der Waals surface area contributed by atoms with Crippen molar-refractivity contribution in [3.8, 4) is 17.2 Å². The smallest absolute Gasteiger partial charge is 0.251 e. The first-order chi connectivity index (χ1) is 17.2. The van der Waals surface area contributed by atoms with Crippen molar-refractivity contribution in [1.29, 1.82) is 0 Å². The molecule has 35 heavy (non-hydrogen) atoms. The molecule has 182 valence electrons. The van der Waals surface area contributed by atoms with E-state index in [9.17, 15) is 4.79 Å². The highest BCUT2D eigenvalue weighted by atomic mass is 16.5. The number of hydrogen-bond acceptors (Lipinski definition) is 5. The quantitative estimate of drug-likeness (QED) is 0.297. The molecule has 1 N–H and O–H groups in total. The van der Waals surface area contributed by atoms with Crippen molar-refractivity contribution in [3.63, 3.8) is 0 Å². The van der Waals surface area contributed by atoms with Gasteiger partial charge in [0.1, 0.15) is 11.6 Å². The van der Waals surface area contributed by atoms with Crippen LogP contribution < -0.4 is 19.5 Å². The van der Waals surface area contributed by atoms with E-state index in [1.54, 1.807) is 38.5 Å². The minimum atomic E-state index is -0.108. The molecule has 0 atom stereocenters. The van der Waals surface area contributed by atoms with Gasteiger partial charge in [-0.05, 0) is 61.4 Å². The molecule has 7 heteroatoms. The average molecular weight is 474 g/mol. The second-order valence-electron chi connectivity index (χ2n) is 8.11. The van der Waals surface area contributed by atoms with Crippen LogP contribution in [0.3, 0.4) is 0 Å². The number of benzene rings is 3. The third-order valence-corrected chi connectivity index (χ3v) is 5.82. The van der Waals surface area contributed by atoms with Crippen molar-refractivity contribution < 1.29 is 19.0 Å². The Kier molecular flexibility index (Phi) is 8.22. The van der Waals surface area contributed by atoms with Crippen LogP contribution in [0, 0.1) is 0 Å². The number of carbonyl (C=O) groups is 1. The number of ether oxygens (including phenoxy) is 3. The SMILES string of the molecule is COc1ccc(C(=O)NCCc2nc3ccccc3n2CCCCOc2ccccc2OC)cc1. The van der Waals surface area contributed by atoms with Crippen molar-refractivity contribution in [2.45, 2.75) is 25.8 Å². The van der Waals surface area contributed by atoms with Crippen LogP contribution in [0.25, 0.3) is 11.0 Å². The van der Waals surface area contributed by atoms with Gasteiger partial charge in [0, 0.05) is 25.1 Å². The van der Waals surface area contributed by atoms with Gasteiger partial charge in [-0.15, -0.1) is 0 Å². The zero-order chi connectivity index (χ0) is 24.5. The Morgan fingerprint density at radius 1 is 0.886 bits per heavy atom. The third-order valence-electron chi connectivity index (χ3n) is 5.82. The van der Waals surface area contributed by atoms with Crippen LogP contribution in [-0.4, -0.2) is 42.8 Å². The number of amides is 1. The van der Waals surface area contributed by atoms with Gasteiger partial charge in [-0.3, -0.25) is 4.79 Å². The summed E-state index contributed by atoms with van der Waals surface area (Å²) in [4.78, 5) is 17.3. The molecule has 0 radical (unpaired) electrons. The number of fused-ring (bicyclic) bond motifs is 1. The van der Waals surface area contributed by atoms with Crippen LogP contribution in [-0.2, 0) is 13.0 Å². The molecular weight excluding hydrogens is 442 g/mol. The van der Waals surface area contributed by atoms with E-state index in [0.717, 1.165) is 53.5 Å². The van der Waals surface area contributed by atoms with Gasteiger partial charge in [-0.2, -0.15) is 0 Å². The summed E-state index contributed by atoms with van der Waals surface area (Å²) in [5, 5.41) is 3.00. The Morgan fingerprint density at radius 3 is 2.40 bits per heavy atom. The van der Waals surface area contributed by atoms with E-state index in [2.05, 4.69) is 16.0 Å². The first-order valence-electron chi connectivity index (χ1n) is 11.8. The van der Waals surface area contributed by atoms with Crippen molar-refractivity contribution in [1.82, 2.24) is 14.9 Å². The lowest BCUT2D eigenvalue weighted by molar-refractivity contribution is 0.0954. The molecule has 0 saturated carbocycles. The van der Waals surface area contributed by atoms with Gasteiger partial charge in [-0.25, -0.2) is 4.98 Å². The summed E-state index contributed by atoms with van der Waals surface area (Å²) >= 11 is 0. The molecule has 0 saturated heterocycles. The van der Waals surface area contributed by atoms with E-state index in [4.69, 9.17) is 19.2 Å². The summed E-state index contributed by atoms with van der Waals surface area (Å²) in [6, 6.07) is 22.9. The Morgan fingerprint density at radius 2 is 1.63 bits per heavy atom. The number of unbranched alkanes of at least 4 members (excludes halogenated alkanes) is 1. The van der Waals surface area contributed by atoms with E-state index < -0.39 is 0 Å². The van der Waals surface area contributed by atoms with Crippen LogP contribution in [0.2, 0.25) is 0 Å². The molecule has 0 aliphatic carbocycles.